The molecule has 2 aromatic heterocycles. The average molecular weight is 345 g/mol. The molecule has 1 saturated heterocycles. The van der Waals surface area contributed by atoms with Gasteiger partial charge < -0.3 is 9.64 Å². The van der Waals surface area contributed by atoms with Crippen LogP contribution in [-0.2, 0) is 4.74 Å². The number of aryl methyl sites for hydroxylation is 1. The van der Waals surface area contributed by atoms with E-state index in [4.69, 9.17) is 10.00 Å². The predicted molar refractivity (Wildman–Crippen MR) is 99.8 cm³/mol. The molecule has 0 amide bonds. The van der Waals surface area contributed by atoms with Crippen molar-refractivity contribution in [1.82, 2.24) is 15.0 Å². The van der Waals surface area contributed by atoms with Crippen LogP contribution >= 0.6 is 0 Å². The van der Waals surface area contributed by atoms with Crippen LogP contribution in [0.1, 0.15) is 18.2 Å². The van der Waals surface area contributed by atoms with E-state index in [1.807, 2.05) is 31.3 Å². The number of rotatable bonds is 2. The van der Waals surface area contributed by atoms with Crippen molar-refractivity contribution in [1.29, 1.82) is 5.26 Å². The molecule has 1 aliphatic rings. The summed E-state index contributed by atoms with van der Waals surface area (Å²) in [6, 6.07) is 12.0. The summed E-state index contributed by atoms with van der Waals surface area (Å²) in [4.78, 5) is 16.1. The molecule has 1 atom stereocenters. The molecule has 0 N–H and O–H groups in total. The van der Waals surface area contributed by atoms with Gasteiger partial charge in [0.15, 0.2) is 5.82 Å². The number of aromatic nitrogens is 3. The minimum atomic E-state index is 0.311. The third-order valence-corrected chi connectivity index (χ3v) is 4.68. The van der Waals surface area contributed by atoms with Crippen LogP contribution < -0.4 is 4.90 Å². The van der Waals surface area contributed by atoms with Gasteiger partial charge in [0.25, 0.3) is 0 Å². The summed E-state index contributed by atoms with van der Waals surface area (Å²) in [7, 11) is 0. The summed E-state index contributed by atoms with van der Waals surface area (Å²) in [6.07, 6.45) is 1.81. The fourth-order valence-corrected chi connectivity index (χ4v) is 3.24. The van der Waals surface area contributed by atoms with E-state index in [9.17, 15) is 0 Å². The number of pyridine rings is 1. The molecule has 3 aromatic rings. The first-order chi connectivity index (χ1) is 12.7. The molecule has 0 saturated carbocycles. The van der Waals surface area contributed by atoms with Crippen LogP contribution in [0.15, 0.2) is 36.5 Å². The van der Waals surface area contributed by atoms with E-state index in [2.05, 4.69) is 32.8 Å². The first-order valence-corrected chi connectivity index (χ1v) is 8.65. The fraction of sp³-hybridized carbons (Fsp3) is 0.300. The van der Waals surface area contributed by atoms with Crippen LogP contribution in [0, 0.1) is 18.3 Å². The highest BCUT2D eigenvalue weighted by Gasteiger charge is 2.20. The van der Waals surface area contributed by atoms with Crippen molar-refractivity contribution >= 4 is 16.7 Å². The number of morpholine rings is 1. The highest BCUT2D eigenvalue weighted by Crippen LogP contribution is 2.24. The van der Waals surface area contributed by atoms with Gasteiger partial charge in [0, 0.05) is 29.4 Å². The van der Waals surface area contributed by atoms with Crippen molar-refractivity contribution in [3.05, 3.63) is 47.8 Å². The van der Waals surface area contributed by atoms with Gasteiger partial charge in [-0.1, -0.05) is 0 Å². The standard InChI is InChI=1S/C20H19N5O/c1-13-12-26-8-7-25(13)19-6-4-16(11-22-19)20-23-14(2)17-5-3-15(10-21)9-18(17)24-20/h3-6,9,11,13H,7-8,12H2,1-2H3/t13-/m1/s1. The van der Waals surface area contributed by atoms with Gasteiger partial charge in [-0.25, -0.2) is 15.0 Å². The van der Waals surface area contributed by atoms with Crippen molar-refractivity contribution in [3.63, 3.8) is 0 Å². The maximum atomic E-state index is 9.11. The molecule has 0 bridgehead atoms. The van der Waals surface area contributed by atoms with Crippen LogP contribution in [0.4, 0.5) is 5.82 Å². The minimum absolute atomic E-state index is 0.311. The van der Waals surface area contributed by atoms with Gasteiger partial charge in [-0.05, 0) is 44.2 Å². The van der Waals surface area contributed by atoms with Gasteiger partial charge in [-0.3, -0.25) is 0 Å². The van der Waals surface area contributed by atoms with Crippen LogP contribution in [0.3, 0.4) is 0 Å². The Morgan fingerprint density at radius 3 is 2.85 bits per heavy atom. The van der Waals surface area contributed by atoms with Crippen molar-refractivity contribution in [2.24, 2.45) is 0 Å². The second kappa shape index (κ2) is 6.70. The maximum Gasteiger partial charge on any atom is 0.161 e. The summed E-state index contributed by atoms with van der Waals surface area (Å²) in [6.45, 7) is 6.38. The minimum Gasteiger partial charge on any atom is -0.377 e. The first kappa shape index (κ1) is 16.4. The molecule has 0 radical (unpaired) electrons. The van der Waals surface area contributed by atoms with E-state index in [0.717, 1.165) is 47.7 Å². The summed E-state index contributed by atoms with van der Waals surface area (Å²) in [5, 5.41) is 10.1. The van der Waals surface area contributed by atoms with Gasteiger partial charge in [0.2, 0.25) is 0 Å². The van der Waals surface area contributed by atoms with Gasteiger partial charge in [0.1, 0.15) is 5.82 Å². The van der Waals surface area contributed by atoms with Gasteiger partial charge in [-0.2, -0.15) is 5.26 Å². The molecule has 4 rings (SSSR count). The van der Waals surface area contributed by atoms with E-state index in [1.54, 1.807) is 12.1 Å². The number of fused-ring (bicyclic) bond motifs is 1. The Morgan fingerprint density at radius 2 is 2.12 bits per heavy atom. The third-order valence-electron chi connectivity index (χ3n) is 4.68. The lowest BCUT2D eigenvalue weighted by atomic mass is 10.1. The molecule has 0 aliphatic carbocycles. The van der Waals surface area contributed by atoms with E-state index in [0.29, 0.717) is 17.4 Å². The van der Waals surface area contributed by atoms with Crippen LogP contribution in [0.5, 0.6) is 0 Å². The lowest BCUT2D eigenvalue weighted by molar-refractivity contribution is 0.0985. The normalized spacial score (nSPS) is 17.3. The number of anilines is 1. The number of hydrogen-bond donors (Lipinski definition) is 0. The molecule has 3 heterocycles. The number of benzene rings is 1. The first-order valence-electron chi connectivity index (χ1n) is 8.65. The lowest BCUT2D eigenvalue weighted by Crippen LogP contribution is -2.44. The molecule has 1 aromatic carbocycles. The number of hydrogen-bond acceptors (Lipinski definition) is 6. The van der Waals surface area contributed by atoms with Crippen LogP contribution in [-0.4, -0.2) is 40.8 Å². The molecule has 1 fully saturated rings. The molecule has 1 aliphatic heterocycles. The van der Waals surface area contributed by atoms with E-state index in [-0.39, 0.29) is 0 Å². The van der Waals surface area contributed by atoms with Crippen molar-refractivity contribution in [2.45, 2.75) is 19.9 Å². The van der Waals surface area contributed by atoms with E-state index in [1.165, 1.54) is 0 Å². The molecule has 130 valence electrons. The highest BCUT2D eigenvalue weighted by molar-refractivity contribution is 5.83. The van der Waals surface area contributed by atoms with Gasteiger partial charge in [-0.15, -0.1) is 0 Å². The Hall–Kier alpha value is -3.04. The Kier molecular flexibility index (Phi) is 4.23. The van der Waals surface area contributed by atoms with Crippen molar-refractivity contribution in [2.75, 3.05) is 24.7 Å². The number of ether oxygens (including phenoxy) is 1. The maximum absolute atomic E-state index is 9.11. The largest absolute Gasteiger partial charge is 0.377 e. The zero-order valence-corrected chi connectivity index (χ0v) is 14.8. The van der Waals surface area contributed by atoms with Crippen LogP contribution in [0.2, 0.25) is 0 Å². The summed E-state index contributed by atoms with van der Waals surface area (Å²) >= 11 is 0. The Morgan fingerprint density at radius 1 is 1.23 bits per heavy atom. The van der Waals surface area contributed by atoms with Gasteiger partial charge in [0.05, 0.1) is 36.4 Å². The molecule has 0 spiro atoms. The van der Waals surface area contributed by atoms with E-state index >= 15 is 0 Å². The summed E-state index contributed by atoms with van der Waals surface area (Å²) in [5.41, 5.74) is 3.12. The molecular formula is C20H19N5O. The smallest absolute Gasteiger partial charge is 0.161 e. The highest BCUT2D eigenvalue weighted by atomic mass is 16.5. The Bertz CT molecular complexity index is 993. The Labute approximate surface area is 152 Å². The second-order valence-electron chi connectivity index (χ2n) is 6.50. The molecular weight excluding hydrogens is 326 g/mol. The monoisotopic (exact) mass is 345 g/mol. The quantitative estimate of drug-likeness (QED) is 0.710. The number of nitriles is 1. The predicted octanol–water partition coefficient (Wildman–Crippen LogP) is 3.10. The van der Waals surface area contributed by atoms with E-state index < -0.39 is 0 Å². The Balaban J connectivity index is 1.70. The van der Waals surface area contributed by atoms with Gasteiger partial charge >= 0.3 is 0 Å². The fourth-order valence-electron chi connectivity index (χ4n) is 3.24. The SMILES string of the molecule is Cc1nc(-c2ccc(N3CCOC[C@H]3C)nc2)nc2cc(C#N)ccc12. The van der Waals surface area contributed by atoms with Crippen molar-refractivity contribution < 1.29 is 4.74 Å². The molecule has 26 heavy (non-hydrogen) atoms. The zero-order valence-electron chi connectivity index (χ0n) is 14.8. The topological polar surface area (TPSA) is 74.9 Å². The summed E-state index contributed by atoms with van der Waals surface area (Å²) < 4.78 is 5.49. The van der Waals surface area contributed by atoms with Crippen molar-refractivity contribution in [3.8, 4) is 17.5 Å². The lowest BCUT2D eigenvalue weighted by Gasteiger charge is -2.34. The average Bonchev–Trinajstić information content (AvgIpc) is 2.68. The molecule has 0 unspecified atom stereocenters. The molecule has 6 nitrogen and oxygen atoms in total. The molecule has 6 heteroatoms. The number of nitrogens with zero attached hydrogens (tertiary/aromatic N) is 5. The second-order valence-corrected chi connectivity index (χ2v) is 6.50. The third kappa shape index (κ3) is 2.98. The summed E-state index contributed by atoms with van der Waals surface area (Å²) in [5.74, 6) is 1.56. The zero-order chi connectivity index (χ0) is 18.1. The van der Waals surface area contributed by atoms with Crippen LogP contribution in [0.25, 0.3) is 22.3 Å².